The maximum atomic E-state index is 10.5. The molecule has 0 bridgehead atoms. The average Bonchev–Trinajstić information content (AvgIpc) is 2.71. The molecule has 17 heavy (non-hydrogen) atoms. The third-order valence-corrected chi connectivity index (χ3v) is 4.07. The van der Waals surface area contributed by atoms with Crippen molar-refractivity contribution in [1.29, 1.82) is 0 Å². The number of thioether (sulfide) groups is 1. The number of primary amides is 1. The molecule has 2 N–H and O–H groups in total. The quantitative estimate of drug-likeness (QED) is 0.896. The second kappa shape index (κ2) is 4.98. The highest BCUT2D eigenvalue weighted by molar-refractivity contribution is 8.00. The summed E-state index contributed by atoms with van der Waals surface area (Å²) in [6.07, 6.45) is -0.857. The van der Waals surface area contributed by atoms with Crippen molar-refractivity contribution in [2.24, 2.45) is 5.73 Å². The van der Waals surface area contributed by atoms with Crippen LogP contribution in [-0.4, -0.2) is 24.6 Å². The molecule has 1 aliphatic rings. The maximum absolute atomic E-state index is 10.5. The lowest BCUT2D eigenvalue weighted by Crippen LogP contribution is -2.26. The summed E-state index contributed by atoms with van der Waals surface area (Å²) in [6.45, 7) is 2.24. The van der Waals surface area contributed by atoms with Gasteiger partial charge in [0.05, 0.1) is 0 Å². The van der Waals surface area contributed by atoms with E-state index in [4.69, 9.17) is 15.2 Å². The minimum Gasteiger partial charge on any atom is -0.447 e. The fourth-order valence-electron chi connectivity index (χ4n) is 1.79. The Morgan fingerprint density at radius 2 is 2.29 bits per heavy atom. The van der Waals surface area contributed by atoms with E-state index in [1.54, 1.807) is 11.8 Å². The minimum absolute atomic E-state index is 0.0993. The Morgan fingerprint density at radius 3 is 2.94 bits per heavy atom. The number of amides is 1. The number of benzene rings is 1. The van der Waals surface area contributed by atoms with E-state index < -0.39 is 6.09 Å². The molecule has 1 heterocycles. The van der Waals surface area contributed by atoms with E-state index in [-0.39, 0.29) is 17.6 Å². The van der Waals surface area contributed by atoms with Crippen molar-refractivity contribution < 1.29 is 14.3 Å². The van der Waals surface area contributed by atoms with Gasteiger partial charge in [0.2, 0.25) is 0 Å². The molecular formula is C12H15NO3S. The van der Waals surface area contributed by atoms with Crippen molar-refractivity contribution in [2.45, 2.75) is 18.0 Å². The van der Waals surface area contributed by atoms with E-state index in [0.717, 1.165) is 11.3 Å². The van der Waals surface area contributed by atoms with Gasteiger partial charge in [-0.25, -0.2) is 4.79 Å². The van der Waals surface area contributed by atoms with Gasteiger partial charge in [-0.3, -0.25) is 0 Å². The summed E-state index contributed by atoms with van der Waals surface area (Å²) in [4.78, 5) is 10.2. The molecule has 1 saturated heterocycles. The zero-order chi connectivity index (χ0) is 12.3. The predicted octanol–water partition coefficient (Wildman–Crippen LogP) is 2.09. The molecule has 1 aromatic rings. The standard InChI is InChI=1S/C12H15NO3S/c1-12(9-5-3-2-4-6-9)16-10(8-17-12)7-15-11(13)14/h2-6,10H,7-8H2,1H3,(H2,13,14)/t10-,12-/m1/s1. The van der Waals surface area contributed by atoms with Crippen molar-refractivity contribution in [2.75, 3.05) is 12.4 Å². The molecule has 1 aromatic carbocycles. The normalized spacial score (nSPS) is 27.9. The Labute approximate surface area is 104 Å². The lowest BCUT2D eigenvalue weighted by Gasteiger charge is -2.24. The van der Waals surface area contributed by atoms with Crippen LogP contribution in [0.1, 0.15) is 12.5 Å². The van der Waals surface area contributed by atoms with E-state index >= 15 is 0 Å². The Kier molecular flexibility index (Phi) is 3.59. The SMILES string of the molecule is C[C@@]1(c2ccccc2)O[C@H](COC(N)=O)CS1. The summed E-state index contributed by atoms with van der Waals surface area (Å²) in [7, 11) is 0. The molecule has 4 nitrogen and oxygen atoms in total. The number of ether oxygens (including phenoxy) is 2. The topological polar surface area (TPSA) is 61.6 Å². The fourth-order valence-corrected chi connectivity index (χ4v) is 2.96. The Hall–Kier alpha value is -1.20. The van der Waals surface area contributed by atoms with E-state index in [1.165, 1.54) is 0 Å². The van der Waals surface area contributed by atoms with E-state index in [9.17, 15) is 4.79 Å². The monoisotopic (exact) mass is 253 g/mol. The van der Waals surface area contributed by atoms with Gasteiger partial charge in [0.1, 0.15) is 17.6 Å². The molecule has 1 aliphatic heterocycles. The van der Waals surface area contributed by atoms with Crippen LogP contribution in [-0.2, 0) is 14.4 Å². The number of carbonyl (C=O) groups is 1. The molecule has 92 valence electrons. The van der Waals surface area contributed by atoms with Gasteiger partial charge in [-0.15, -0.1) is 11.8 Å². The first-order chi connectivity index (χ1) is 8.10. The third kappa shape index (κ3) is 2.92. The highest BCUT2D eigenvalue weighted by Gasteiger charge is 2.38. The van der Waals surface area contributed by atoms with E-state index in [0.29, 0.717) is 0 Å². The van der Waals surface area contributed by atoms with Gasteiger partial charge >= 0.3 is 6.09 Å². The first-order valence-corrected chi connectivity index (χ1v) is 6.38. The number of rotatable bonds is 3. The fraction of sp³-hybridized carbons (Fsp3) is 0.417. The summed E-state index contributed by atoms with van der Waals surface area (Å²) in [5.41, 5.74) is 6.04. The van der Waals surface area contributed by atoms with E-state index in [2.05, 4.69) is 0 Å². The Bertz CT molecular complexity index is 398. The minimum atomic E-state index is -0.757. The number of nitrogens with two attached hydrogens (primary N) is 1. The van der Waals surface area contributed by atoms with Crippen molar-refractivity contribution in [3.63, 3.8) is 0 Å². The smallest absolute Gasteiger partial charge is 0.404 e. The molecule has 0 unspecified atom stereocenters. The number of carbonyl (C=O) groups excluding carboxylic acids is 1. The van der Waals surface area contributed by atoms with E-state index in [1.807, 2.05) is 37.3 Å². The molecule has 2 rings (SSSR count). The molecule has 0 aromatic heterocycles. The van der Waals surface area contributed by atoms with Gasteiger partial charge in [0.25, 0.3) is 0 Å². The molecule has 1 fully saturated rings. The summed E-state index contributed by atoms with van der Waals surface area (Å²) < 4.78 is 10.7. The van der Waals surface area contributed by atoms with Crippen LogP contribution >= 0.6 is 11.8 Å². The molecule has 0 spiro atoms. The highest BCUT2D eigenvalue weighted by Crippen LogP contribution is 2.44. The van der Waals surface area contributed by atoms with Crippen molar-refractivity contribution in [3.05, 3.63) is 35.9 Å². The average molecular weight is 253 g/mol. The first kappa shape index (κ1) is 12.3. The van der Waals surface area contributed by atoms with Crippen LogP contribution in [0.5, 0.6) is 0 Å². The van der Waals surface area contributed by atoms with Crippen LogP contribution < -0.4 is 5.73 Å². The van der Waals surface area contributed by atoms with Crippen LogP contribution in [0.3, 0.4) is 0 Å². The molecule has 2 atom stereocenters. The molecule has 0 aliphatic carbocycles. The molecule has 0 radical (unpaired) electrons. The Balaban J connectivity index is 1.99. The lowest BCUT2D eigenvalue weighted by atomic mass is 10.1. The van der Waals surface area contributed by atoms with Gasteiger partial charge < -0.3 is 15.2 Å². The van der Waals surface area contributed by atoms with Crippen LogP contribution in [0.15, 0.2) is 30.3 Å². The maximum Gasteiger partial charge on any atom is 0.404 e. The van der Waals surface area contributed by atoms with Crippen LogP contribution in [0.25, 0.3) is 0 Å². The highest BCUT2D eigenvalue weighted by atomic mass is 32.2. The van der Waals surface area contributed by atoms with Crippen molar-refractivity contribution in [1.82, 2.24) is 0 Å². The number of hydrogen-bond donors (Lipinski definition) is 1. The van der Waals surface area contributed by atoms with Crippen LogP contribution in [0.2, 0.25) is 0 Å². The third-order valence-electron chi connectivity index (χ3n) is 2.65. The van der Waals surface area contributed by atoms with Crippen molar-refractivity contribution >= 4 is 17.9 Å². The molecule has 5 heteroatoms. The second-order valence-corrected chi connectivity index (χ2v) is 5.39. The van der Waals surface area contributed by atoms with Gasteiger partial charge in [-0.05, 0) is 12.5 Å². The molecular weight excluding hydrogens is 238 g/mol. The first-order valence-electron chi connectivity index (χ1n) is 5.40. The summed E-state index contributed by atoms with van der Waals surface area (Å²) >= 11 is 1.70. The van der Waals surface area contributed by atoms with Gasteiger partial charge in [0.15, 0.2) is 0 Å². The second-order valence-electron chi connectivity index (χ2n) is 3.99. The lowest BCUT2D eigenvalue weighted by molar-refractivity contribution is -0.0278. The zero-order valence-corrected chi connectivity index (χ0v) is 10.4. The predicted molar refractivity (Wildman–Crippen MR) is 66.7 cm³/mol. The summed E-state index contributed by atoms with van der Waals surface area (Å²) in [5.74, 6) is 0.790. The molecule has 0 saturated carbocycles. The van der Waals surface area contributed by atoms with Crippen molar-refractivity contribution in [3.8, 4) is 0 Å². The van der Waals surface area contributed by atoms with Crippen LogP contribution in [0, 0.1) is 0 Å². The number of hydrogen-bond acceptors (Lipinski definition) is 4. The van der Waals surface area contributed by atoms with Gasteiger partial charge in [-0.1, -0.05) is 30.3 Å². The molecule has 1 amide bonds. The van der Waals surface area contributed by atoms with Gasteiger partial charge in [-0.2, -0.15) is 0 Å². The summed E-state index contributed by atoms with van der Waals surface area (Å²) in [5, 5.41) is 0. The summed E-state index contributed by atoms with van der Waals surface area (Å²) in [6, 6.07) is 10.0. The Morgan fingerprint density at radius 1 is 1.59 bits per heavy atom. The zero-order valence-electron chi connectivity index (χ0n) is 9.59. The largest absolute Gasteiger partial charge is 0.447 e. The van der Waals surface area contributed by atoms with Crippen LogP contribution in [0.4, 0.5) is 4.79 Å². The van der Waals surface area contributed by atoms with Gasteiger partial charge in [0, 0.05) is 5.75 Å².